The number of carbonyl (C=O) groups is 2. The van der Waals surface area contributed by atoms with Crippen LogP contribution in [0.5, 0.6) is 5.75 Å². The number of anilines is 1. The van der Waals surface area contributed by atoms with Gasteiger partial charge in [-0.2, -0.15) is 0 Å². The van der Waals surface area contributed by atoms with Gasteiger partial charge in [0, 0.05) is 51.4 Å². The van der Waals surface area contributed by atoms with E-state index in [9.17, 15) is 19.7 Å². The molecule has 9 heteroatoms. The number of ether oxygens (including phenoxy) is 1. The van der Waals surface area contributed by atoms with E-state index in [0.717, 1.165) is 37.4 Å². The summed E-state index contributed by atoms with van der Waals surface area (Å²) in [7, 11) is 1.66. The van der Waals surface area contributed by atoms with E-state index in [0.29, 0.717) is 31.7 Å². The average molecular weight is 479 g/mol. The Morgan fingerprint density at radius 1 is 1.00 bits per heavy atom. The van der Waals surface area contributed by atoms with Gasteiger partial charge in [0.15, 0.2) is 0 Å². The van der Waals surface area contributed by atoms with Gasteiger partial charge in [-0.25, -0.2) is 0 Å². The molecule has 0 saturated carbocycles. The topological polar surface area (TPSA) is 96.2 Å². The summed E-state index contributed by atoms with van der Waals surface area (Å²) >= 11 is 0. The molecule has 2 aromatic carbocycles. The van der Waals surface area contributed by atoms with Crippen molar-refractivity contribution in [2.45, 2.75) is 12.8 Å². The maximum Gasteiger partial charge on any atom is 0.276 e. The molecule has 2 saturated heterocycles. The third-order valence-electron chi connectivity index (χ3n) is 6.64. The number of methoxy groups -OCH3 is 1. The van der Waals surface area contributed by atoms with E-state index in [-0.39, 0.29) is 23.4 Å². The van der Waals surface area contributed by atoms with E-state index in [2.05, 4.69) is 4.90 Å². The molecule has 184 valence electrons. The number of likely N-dealkylation sites (tertiary alicyclic amines) is 1. The van der Waals surface area contributed by atoms with Gasteiger partial charge in [-0.1, -0.05) is 24.3 Å². The minimum atomic E-state index is -0.465. The van der Waals surface area contributed by atoms with Gasteiger partial charge in [0.25, 0.3) is 5.69 Å². The molecule has 0 bridgehead atoms. The van der Waals surface area contributed by atoms with Crippen LogP contribution in [-0.4, -0.2) is 72.9 Å². The number of amides is 2. The normalized spacial score (nSPS) is 18.5. The van der Waals surface area contributed by atoms with Crippen molar-refractivity contribution >= 4 is 29.3 Å². The number of carbonyl (C=O) groups excluding carboxylic acids is 2. The Labute approximate surface area is 204 Å². The number of benzene rings is 2. The highest BCUT2D eigenvalue weighted by Crippen LogP contribution is 2.29. The smallest absolute Gasteiger partial charge is 0.276 e. The fourth-order valence-electron chi connectivity index (χ4n) is 4.76. The van der Waals surface area contributed by atoms with E-state index >= 15 is 0 Å². The lowest BCUT2D eigenvalue weighted by atomic mass is 9.96. The van der Waals surface area contributed by atoms with Crippen LogP contribution in [0.1, 0.15) is 18.4 Å². The SMILES string of the molecule is COc1ccccc1N1CCN(C(=O)C2CCCN(C(=O)/C=C/c3ccccc3[N+](=O)[O-])C2)CC1. The Kier molecular flexibility index (Phi) is 7.64. The predicted molar refractivity (Wildman–Crippen MR) is 133 cm³/mol. The van der Waals surface area contributed by atoms with E-state index < -0.39 is 4.92 Å². The standard InChI is InChI=1S/C26H30N4O5/c1-35-24-11-5-4-10-23(24)27-15-17-28(18-16-27)26(32)21-8-6-14-29(19-21)25(31)13-12-20-7-2-3-9-22(20)30(33)34/h2-5,7,9-13,21H,6,8,14-19H2,1H3/b13-12+. The lowest BCUT2D eigenvalue weighted by molar-refractivity contribution is -0.385. The zero-order valence-corrected chi connectivity index (χ0v) is 19.8. The second kappa shape index (κ2) is 11.0. The monoisotopic (exact) mass is 478 g/mol. The Hall–Kier alpha value is -3.88. The van der Waals surface area contributed by atoms with Crippen LogP contribution < -0.4 is 9.64 Å². The first kappa shape index (κ1) is 24.3. The van der Waals surface area contributed by atoms with Crippen LogP contribution in [0.2, 0.25) is 0 Å². The summed E-state index contributed by atoms with van der Waals surface area (Å²) in [5, 5.41) is 11.2. The Balaban J connectivity index is 1.34. The second-order valence-corrected chi connectivity index (χ2v) is 8.76. The van der Waals surface area contributed by atoms with E-state index in [1.807, 2.05) is 29.2 Å². The molecule has 2 aromatic rings. The molecule has 0 aliphatic carbocycles. The minimum absolute atomic E-state index is 0.0458. The number of rotatable bonds is 6. The molecule has 0 radical (unpaired) electrons. The van der Waals surface area contributed by atoms with Gasteiger partial charge in [0.1, 0.15) is 5.75 Å². The van der Waals surface area contributed by atoms with Crippen molar-refractivity contribution in [3.63, 3.8) is 0 Å². The first-order valence-electron chi connectivity index (χ1n) is 11.8. The van der Waals surface area contributed by atoms with E-state index in [1.54, 1.807) is 30.2 Å². The van der Waals surface area contributed by atoms with Gasteiger partial charge in [-0.05, 0) is 37.1 Å². The minimum Gasteiger partial charge on any atom is -0.495 e. The third-order valence-corrected chi connectivity index (χ3v) is 6.64. The van der Waals surface area contributed by atoms with Crippen molar-refractivity contribution in [3.8, 4) is 5.75 Å². The first-order chi connectivity index (χ1) is 17.0. The molecule has 2 aliphatic heterocycles. The van der Waals surface area contributed by atoms with Gasteiger partial charge < -0.3 is 19.4 Å². The van der Waals surface area contributed by atoms with Crippen LogP contribution in [0, 0.1) is 16.0 Å². The van der Waals surface area contributed by atoms with Crippen LogP contribution in [0.4, 0.5) is 11.4 Å². The summed E-state index contributed by atoms with van der Waals surface area (Å²) in [5.74, 6) is 0.444. The molecule has 0 spiro atoms. The van der Waals surface area contributed by atoms with Crippen LogP contribution in [-0.2, 0) is 9.59 Å². The number of hydrogen-bond acceptors (Lipinski definition) is 6. The molecule has 0 N–H and O–H groups in total. The van der Waals surface area contributed by atoms with Gasteiger partial charge in [-0.15, -0.1) is 0 Å². The number of piperidine rings is 1. The van der Waals surface area contributed by atoms with E-state index in [4.69, 9.17) is 4.74 Å². The molecule has 2 fully saturated rings. The number of nitro benzene ring substituents is 1. The summed E-state index contributed by atoms with van der Waals surface area (Å²) in [4.78, 5) is 42.5. The summed E-state index contributed by atoms with van der Waals surface area (Å²) in [5.41, 5.74) is 1.36. The van der Waals surface area contributed by atoms with Gasteiger partial charge >= 0.3 is 0 Å². The lowest BCUT2D eigenvalue weighted by Gasteiger charge is -2.39. The summed E-state index contributed by atoms with van der Waals surface area (Å²) < 4.78 is 5.47. The van der Waals surface area contributed by atoms with Crippen LogP contribution in [0.15, 0.2) is 54.6 Å². The van der Waals surface area contributed by atoms with Crippen LogP contribution in [0.25, 0.3) is 6.08 Å². The maximum absolute atomic E-state index is 13.2. The van der Waals surface area contributed by atoms with Crippen molar-refractivity contribution in [1.82, 2.24) is 9.80 Å². The van der Waals surface area contributed by atoms with Gasteiger partial charge in [-0.3, -0.25) is 19.7 Å². The molecule has 2 heterocycles. The highest BCUT2D eigenvalue weighted by atomic mass is 16.6. The van der Waals surface area contributed by atoms with E-state index in [1.165, 1.54) is 18.2 Å². The lowest BCUT2D eigenvalue weighted by Crippen LogP contribution is -2.53. The maximum atomic E-state index is 13.2. The van der Waals surface area contributed by atoms with Crippen LogP contribution >= 0.6 is 0 Å². The molecule has 4 rings (SSSR count). The van der Waals surface area contributed by atoms with Crippen LogP contribution in [0.3, 0.4) is 0 Å². The molecular formula is C26H30N4O5. The molecule has 1 atom stereocenters. The number of hydrogen-bond donors (Lipinski definition) is 0. The molecule has 2 aliphatic rings. The average Bonchev–Trinajstić information content (AvgIpc) is 2.91. The first-order valence-corrected chi connectivity index (χ1v) is 11.8. The summed E-state index contributed by atoms with van der Waals surface area (Å²) in [6.45, 7) is 3.63. The summed E-state index contributed by atoms with van der Waals surface area (Å²) in [6.07, 6.45) is 4.34. The number of piperazine rings is 1. The fraction of sp³-hybridized carbons (Fsp3) is 0.385. The number of nitro groups is 1. The zero-order chi connectivity index (χ0) is 24.8. The highest BCUT2D eigenvalue weighted by Gasteiger charge is 2.32. The quantitative estimate of drug-likeness (QED) is 0.359. The Bertz CT molecular complexity index is 1110. The molecule has 2 amide bonds. The van der Waals surface area contributed by atoms with Gasteiger partial charge in [0.05, 0.1) is 29.2 Å². The zero-order valence-electron chi connectivity index (χ0n) is 19.8. The highest BCUT2D eigenvalue weighted by molar-refractivity contribution is 5.93. The van der Waals surface area contributed by atoms with Crippen molar-refractivity contribution in [1.29, 1.82) is 0 Å². The Morgan fingerprint density at radius 3 is 2.46 bits per heavy atom. The molecular weight excluding hydrogens is 448 g/mol. The molecule has 0 aromatic heterocycles. The largest absolute Gasteiger partial charge is 0.495 e. The summed E-state index contributed by atoms with van der Waals surface area (Å²) in [6, 6.07) is 14.2. The second-order valence-electron chi connectivity index (χ2n) is 8.76. The Morgan fingerprint density at radius 2 is 1.71 bits per heavy atom. The molecule has 1 unspecified atom stereocenters. The predicted octanol–water partition coefficient (Wildman–Crippen LogP) is 3.20. The number of nitrogens with zero attached hydrogens (tertiary/aromatic N) is 4. The van der Waals surface area contributed by atoms with Gasteiger partial charge in [0.2, 0.25) is 11.8 Å². The molecule has 35 heavy (non-hydrogen) atoms. The fourth-order valence-corrected chi connectivity index (χ4v) is 4.76. The van der Waals surface area contributed by atoms with Crippen molar-refractivity contribution in [2.24, 2.45) is 5.92 Å². The van der Waals surface area contributed by atoms with Crippen molar-refractivity contribution < 1.29 is 19.2 Å². The van der Waals surface area contributed by atoms with Crippen molar-refractivity contribution in [3.05, 3.63) is 70.3 Å². The van der Waals surface area contributed by atoms with Crippen molar-refractivity contribution in [2.75, 3.05) is 51.3 Å². The number of para-hydroxylation sites is 3. The molecule has 9 nitrogen and oxygen atoms in total. The third kappa shape index (κ3) is 5.62.